The van der Waals surface area contributed by atoms with Crippen LogP contribution < -0.4 is 0 Å². The van der Waals surface area contributed by atoms with Gasteiger partial charge in [-0.05, 0) is 12.1 Å². The van der Waals surface area contributed by atoms with Crippen molar-refractivity contribution in [3.63, 3.8) is 0 Å². The largest absolute Gasteiger partial charge is 0.366 e. The Hall–Kier alpha value is -1.26. The predicted octanol–water partition coefficient (Wildman–Crippen LogP) is 0.934. The summed E-state index contributed by atoms with van der Waals surface area (Å²) in [4.78, 5) is 0. The maximum Gasteiger partial charge on any atom is 0.192 e. The van der Waals surface area contributed by atoms with Crippen LogP contribution in [0.1, 0.15) is 23.6 Å². The van der Waals surface area contributed by atoms with Crippen LogP contribution in [0.2, 0.25) is 0 Å². The van der Waals surface area contributed by atoms with E-state index < -0.39 is 12.5 Å². The molecule has 2 N–H and O–H groups in total. The molecule has 0 fully saturated rings. The van der Waals surface area contributed by atoms with E-state index in [-0.39, 0.29) is 0 Å². The van der Waals surface area contributed by atoms with Crippen LogP contribution in [0, 0.1) is 6.07 Å². The van der Waals surface area contributed by atoms with Gasteiger partial charge in [0.25, 0.3) is 0 Å². The minimum atomic E-state index is -0.958. The van der Waals surface area contributed by atoms with Crippen molar-refractivity contribution < 1.29 is 10.2 Å². The lowest BCUT2D eigenvalue weighted by molar-refractivity contribution is 0.118. The molecule has 0 saturated heterocycles. The molecule has 1 aromatic carbocycles. The van der Waals surface area contributed by atoms with E-state index in [1.54, 1.807) is 18.2 Å². The molecule has 1 aromatic rings. The first-order valence-electron chi connectivity index (χ1n) is 3.55. The van der Waals surface area contributed by atoms with Crippen molar-refractivity contribution in [2.24, 2.45) is 10.2 Å². The van der Waals surface area contributed by atoms with Gasteiger partial charge in [-0.15, -0.1) is 0 Å². The summed E-state index contributed by atoms with van der Waals surface area (Å²) in [5.41, 5.74) is 1.16. The topological polar surface area (TPSA) is 65.2 Å². The molecule has 0 amide bonds. The summed E-state index contributed by atoms with van der Waals surface area (Å²) in [6.45, 7) is 0. The molecule has 2 unspecified atom stereocenters. The maximum absolute atomic E-state index is 9.29. The molecule has 0 spiro atoms. The van der Waals surface area contributed by atoms with Crippen LogP contribution in [0.15, 0.2) is 28.4 Å². The van der Waals surface area contributed by atoms with Gasteiger partial charge in [-0.3, -0.25) is 0 Å². The molecule has 1 heterocycles. The highest BCUT2D eigenvalue weighted by molar-refractivity contribution is 5.30. The van der Waals surface area contributed by atoms with Crippen molar-refractivity contribution in [2.75, 3.05) is 0 Å². The first-order chi connectivity index (χ1) is 5.79. The lowest BCUT2D eigenvalue weighted by Crippen LogP contribution is -2.07. The lowest BCUT2D eigenvalue weighted by atomic mass is 10.0. The Kier molecular flexibility index (Phi) is 1.64. The highest BCUT2D eigenvalue weighted by Gasteiger charge is 2.20. The van der Waals surface area contributed by atoms with Crippen LogP contribution in [0.5, 0.6) is 0 Å². The first-order valence-corrected chi connectivity index (χ1v) is 3.55. The summed E-state index contributed by atoms with van der Waals surface area (Å²) in [6, 6.07) is 7.73. The number of hydrogen-bond acceptors (Lipinski definition) is 4. The molecule has 12 heavy (non-hydrogen) atoms. The Morgan fingerprint density at radius 3 is 2.50 bits per heavy atom. The van der Waals surface area contributed by atoms with Crippen molar-refractivity contribution in [3.05, 3.63) is 35.4 Å². The molecule has 0 aromatic heterocycles. The molecule has 1 radical (unpaired) electrons. The molecule has 2 rings (SSSR count). The number of azo groups is 1. The Bertz CT molecular complexity index is 294. The van der Waals surface area contributed by atoms with E-state index in [2.05, 4.69) is 16.3 Å². The van der Waals surface area contributed by atoms with Gasteiger partial charge in [-0.1, -0.05) is 12.1 Å². The fraction of sp³-hybridized carbons (Fsp3) is 0.250. The summed E-state index contributed by atoms with van der Waals surface area (Å²) in [5, 5.41) is 25.5. The molecule has 61 valence electrons. The van der Waals surface area contributed by atoms with E-state index in [9.17, 15) is 10.2 Å². The number of fused-ring (bicyclic) bond motifs is 1. The van der Waals surface area contributed by atoms with Crippen LogP contribution >= 0.6 is 0 Å². The van der Waals surface area contributed by atoms with Crippen molar-refractivity contribution in [1.82, 2.24) is 0 Å². The number of benzene rings is 1. The van der Waals surface area contributed by atoms with Gasteiger partial charge in [0.1, 0.15) is 0 Å². The Balaban J connectivity index is 2.54. The average Bonchev–Trinajstić information content (AvgIpc) is 2.12. The number of nitrogens with zero attached hydrogens (tertiary/aromatic N) is 2. The third-order valence-electron chi connectivity index (χ3n) is 1.77. The number of aliphatic hydroxyl groups is 2. The zero-order valence-electron chi connectivity index (χ0n) is 6.18. The molecule has 0 bridgehead atoms. The zero-order valence-corrected chi connectivity index (χ0v) is 6.18. The summed E-state index contributed by atoms with van der Waals surface area (Å²) in [5.74, 6) is 0. The highest BCUT2D eigenvalue weighted by atomic mass is 16.3. The lowest BCUT2D eigenvalue weighted by Gasteiger charge is -2.17. The summed E-state index contributed by atoms with van der Waals surface area (Å²) in [7, 11) is 0. The monoisotopic (exact) mass is 163 g/mol. The third-order valence-corrected chi connectivity index (χ3v) is 1.77. The van der Waals surface area contributed by atoms with Gasteiger partial charge in [-0.2, -0.15) is 10.2 Å². The molecule has 2 atom stereocenters. The Labute approximate surface area is 69.2 Å². The Morgan fingerprint density at radius 2 is 1.83 bits per heavy atom. The SMILES string of the molecule is OC1N=NC(O)c2cc[c]cc21. The summed E-state index contributed by atoms with van der Waals surface area (Å²) < 4.78 is 0. The second-order valence-electron chi connectivity index (χ2n) is 2.53. The zero-order chi connectivity index (χ0) is 8.55. The van der Waals surface area contributed by atoms with E-state index >= 15 is 0 Å². The van der Waals surface area contributed by atoms with Crippen molar-refractivity contribution >= 4 is 0 Å². The summed E-state index contributed by atoms with van der Waals surface area (Å²) >= 11 is 0. The fourth-order valence-electron chi connectivity index (χ4n) is 1.16. The van der Waals surface area contributed by atoms with Gasteiger partial charge in [0.2, 0.25) is 0 Å². The quantitative estimate of drug-likeness (QED) is 0.597. The van der Waals surface area contributed by atoms with E-state index in [0.29, 0.717) is 11.1 Å². The van der Waals surface area contributed by atoms with E-state index in [1.807, 2.05) is 0 Å². The van der Waals surface area contributed by atoms with E-state index in [4.69, 9.17) is 0 Å². The molecule has 4 heteroatoms. The van der Waals surface area contributed by atoms with Crippen molar-refractivity contribution in [1.29, 1.82) is 0 Å². The minimum Gasteiger partial charge on any atom is -0.366 e. The fourth-order valence-corrected chi connectivity index (χ4v) is 1.16. The smallest absolute Gasteiger partial charge is 0.192 e. The Morgan fingerprint density at radius 1 is 1.17 bits per heavy atom. The number of rotatable bonds is 0. The van der Waals surface area contributed by atoms with E-state index in [1.165, 1.54) is 0 Å². The van der Waals surface area contributed by atoms with Crippen molar-refractivity contribution in [3.8, 4) is 0 Å². The predicted molar refractivity (Wildman–Crippen MR) is 40.1 cm³/mol. The van der Waals surface area contributed by atoms with Crippen LogP contribution in [0.3, 0.4) is 0 Å². The van der Waals surface area contributed by atoms with Crippen molar-refractivity contribution in [2.45, 2.75) is 12.5 Å². The molecule has 4 nitrogen and oxygen atoms in total. The van der Waals surface area contributed by atoms with Gasteiger partial charge >= 0.3 is 0 Å². The molecular formula is C8H7N2O2. The second-order valence-corrected chi connectivity index (χ2v) is 2.53. The average molecular weight is 163 g/mol. The van der Waals surface area contributed by atoms with Gasteiger partial charge in [-0.25, -0.2) is 0 Å². The van der Waals surface area contributed by atoms with Gasteiger partial charge in [0.15, 0.2) is 12.5 Å². The molecule has 1 aliphatic rings. The maximum atomic E-state index is 9.29. The molecule has 0 saturated carbocycles. The minimum absolute atomic E-state index is 0.569. The van der Waals surface area contributed by atoms with Gasteiger partial charge in [0, 0.05) is 11.1 Å². The molecular weight excluding hydrogens is 156 g/mol. The number of aliphatic hydroxyl groups excluding tert-OH is 2. The van der Waals surface area contributed by atoms with Crippen LogP contribution in [-0.4, -0.2) is 10.2 Å². The van der Waals surface area contributed by atoms with Gasteiger partial charge < -0.3 is 10.2 Å². The molecule has 1 aliphatic heterocycles. The first kappa shape index (κ1) is 7.39. The highest BCUT2D eigenvalue weighted by Crippen LogP contribution is 2.30. The number of hydrogen-bond donors (Lipinski definition) is 2. The summed E-state index contributed by atoms with van der Waals surface area (Å²) in [6.07, 6.45) is -1.90. The normalized spacial score (nSPS) is 26.8. The van der Waals surface area contributed by atoms with E-state index in [0.717, 1.165) is 0 Å². The standard InChI is InChI=1S/C8H7N2O2/c11-7-5-3-1-2-4-6(5)8(12)10-9-7/h1,3-4,7-8,11-12H. The van der Waals surface area contributed by atoms with Crippen LogP contribution in [0.4, 0.5) is 0 Å². The van der Waals surface area contributed by atoms with Crippen LogP contribution in [0.25, 0.3) is 0 Å². The van der Waals surface area contributed by atoms with Crippen LogP contribution in [-0.2, 0) is 0 Å². The van der Waals surface area contributed by atoms with Gasteiger partial charge in [0.05, 0.1) is 0 Å². The third kappa shape index (κ3) is 1.01. The second kappa shape index (κ2) is 2.66. The molecule has 0 aliphatic carbocycles.